The topological polar surface area (TPSA) is 174 Å². The number of hydrogen-bond acceptors (Lipinski definition) is 7. The Hall–Kier alpha value is -2.46. The number of carbonyl (C=O) groups is 3. The lowest BCUT2D eigenvalue weighted by Gasteiger charge is -2.19. The van der Waals surface area contributed by atoms with Gasteiger partial charge in [-0.05, 0) is 32.1 Å². The lowest BCUT2D eigenvalue weighted by molar-refractivity contribution is -0.170. The number of unbranched alkanes of at least 4 members (excludes halogenated alkanes) is 11. The summed E-state index contributed by atoms with van der Waals surface area (Å²) in [6, 6.07) is 0. The highest BCUT2D eigenvalue weighted by Gasteiger charge is 2.40. The molecule has 0 saturated carbocycles. The third-order valence-corrected chi connectivity index (χ3v) is 6.38. The van der Waals surface area contributed by atoms with E-state index in [2.05, 4.69) is 29.0 Å². The fourth-order valence-corrected chi connectivity index (χ4v) is 4.23. The summed E-state index contributed by atoms with van der Waals surface area (Å²) in [6.45, 7) is 6.05. The molecule has 0 aliphatic carbocycles. The second-order valence-electron chi connectivity index (χ2n) is 9.89. The van der Waals surface area contributed by atoms with Crippen LogP contribution in [-0.2, 0) is 14.4 Å². The highest BCUT2D eigenvalue weighted by atomic mass is 16.4. The molecule has 0 radical (unpaired) electrons. The van der Waals surface area contributed by atoms with Crippen LogP contribution in [0.25, 0.3) is 0 Å². The largest absolute Gasteiger partial charge is 0.481 e. The third kappa shape index (κ3) is 18.7. The summed E-state index contributed by atoms with van der Waals surface area (Å²) < 4.78 is 0. The smallest absolute Gasteiger partial charge is 0.336 e. The number of aliphatic hydroxyl groups is 1. The van der Waals surface area contributed by atoms with E-state index in [1.807, 2.05) is 0 Å². The number of aliphatic imine (C=N–C) groups is 1. The standard InChI is InChI=1S/C22H43N3.C6H8O7/c1-2-3-4-5-6-7-8-9-10-11-12-13-14-15-16-17-22-24-19-21-25(22)20-18-23;7-3(8)1-6(13,5(11)12)2-4(9)10/h9-10H,2-8,11-21,23H2,1H3;13H,1-2H2,(H,7,8)(H,9,10)(H,11,12)/b10-9+;. The van der Waals surface area contributed by atoms with E-state index in [0.717, 1.165) is 32.6 Å². The molecule has 0 spiro atoms. The molecule has 0 atom stereocenters. The number of amidine groups is 1. The van der Waals surface area contributed by atoms with Gasteiger partial charge in [0.25, 0.3) is 0 Å². The van der Waals surface area contributed by atoms with Gasteiger partial charge in [0.05, 0.1) is 25.2 Å². The number of nitrogens with two attached hydrogens (primary N) is 1. The minimum absolute atomic E-state index is 0.741. The van der Waals surface area contributed by atoms with Crippen molar-refractivity contribution in [2.24, 2.45) is 10.7 Å². The highest BCUT2D eigenvalue weighted by molar-refractivity contribution is 5.88. The Balaban J connectivity index is 0.000000889. The number of rotatable bonds is 22. The first kappa shape index (κ1) is 35.5. The van der Waals surface area contributed by atoms with Crippen LogP contribution in [0.2, 0.25) is 0 Å². The van der Waals surface area contributed by atoms with Crippen molar-refractivity contribution in [3.8, 4) is 0 Å². The van der Waals surface area contributed by atoms with Crippen molar-refractivity contribution < 1.29 is 34.8 Å². The molecule has 0 unspecified atom stereocenters. The first-order valence-electron chi connectivity index (χ1n) is 14.2. The molecule has 10 nitrogen and oxygen atoms in total. The number of carboxylic acids is 3. The van der Waals surface area contributed by atoms with E-state index >= 15 is 0 Å². The van der Waals surface area contributed by atoms with Crippen LogP contribution in [0.4, 0.5) is 0 Å². The zero-order chi connectivity index (χ0) is 28.7. The Morgan fingerprint density at radius 3 is 1.84 bits per heavy atom. The summed E-state index contributed by atoms with van der Waals surface area (Å²) >= 11 is 0. The minimum atomic E-state index is -2.74. The predicted octanol–water partition coefficient (Wildman–Crippen LogP) is 4.45. The number of allylic oxidation sites excluding steroid dienone is 2. The average molecular weight is 542 g/mol. The maximum atomic E-state index is 10.3. The summed E-state index contributed by atoms with van der Waals surface area (Å²) in [6.07, 6.45) is 21.4. The van der Waals surface area contributed by atoms with Gasteiger partial charge in [-0.15, -0.1) is 0 Å². The van der Waals surface area contributed by atoms with Gasteiger partial charge in [0, 0.05) is 26.1 Å². The molecule has 0 aromatic rings. The van der Waals surface area contributed by atoms with Crippen LogP contribution < -0.4 is 5.73 Å². The molecule has 6 N–H and O–H groups in total. The van der Waals surface area contributed by atoms with Crippen molar-refractivity contribution in [1.29, 1.82) is 0 Å². The molecule has 0 aromatic heterocycles. The number of nitrogens with zero attached hydrogens (tertiary/aromatic N) is 2. The zero-order valence-corrected chi connectivity index (χ0v) is 23.3. The van der Waals surface area contributed by atoms with Gasteiger partial charge in [0.1, 0.15) is 0 Å². The van der Waals surface area contributed by atoms with E-state index in [9.17, 15) is 14.4 Å². The van der Waals surface area contributed by atoms with Crippen molar-refractivity contribution in [3.05, 3.63) is 12.2 Å². The number of hydrogen-bond donors (Lipinski definition) is 5. The molecule has 1 aliphatic heterocycles. The molecule has 0 amide bonds. The van der Waals surface area contributed by atoms with Crippen molar-refractivity contribution in [2.75, 3.05) is 26.2 Å². The summed E-state index contributed by atoms with van der Waals surface area (Å²) in [4.78, 5) is 37.5. The zero-order valence-electron chi connectivity index (χ0n) is 23.3. The van der Waals surface area contributed by atoms with Crippen LogP contribution in [0.1, 0.15) is 110 Å². The van der Waals surface area contributed by atoms with E-state index in [0.29, 0.717) is 0 Å². The van der Waals surface area contributed by atoms with Crippen LogP contribution >= 0.6 is 0 Å². The Labute approximate surface area is 228 Å². The number of aliphatic carboxylic acids is 3. The van der Waals surface area contributed by atoms with Crippen molar-refractivity contribution in [2.45, 2.75) is 115 Å². The van der Waals surface area contributed by atoms with Crippen LogP contribution in [0.3, 0.4) is 0 Å². The predicted molar refractivity (Wildman–Crippen MR) is 149 cm³/mol. The van der Waals surface area contributed by atoms with Gasteiger partial charge in [-0.2, -0.15) is 0 Å². The summed E-state index contributed by atoms with van der Waals surface area (Å²) in [5, 5.41) is 33.8. The monoisotopic (exact) mass is 541 g/mol. The number of carboxylic acid groups (broad SMARTS) is 3. The molecule has 1 rings (SSSR count). The van der Waals surface area contributed by atoms with Crippen molar-refractivity contribution >= 4 is 23.7 Å². The molecule has 1 heterocycles. The molecule has 220 valence electrons. The molecule has 0 saturated heterocycles. The molecule has 0 aromatic carbocycles. The lowest BCUT2D eigenvalue weighted by Crippen LogP contribution is -2.42. The van der Waals surface area contributed by atoms with Gasteiger partial charge < -0.3 is 31.1 Å². The van der Waals surface area contributed by atoms with Crippen molar-refractivity contribution in [1.82, 2.24) is 4.90 Å². The average Bonchev–Trinajstić information content (AvgIpc) is 3.28. The van der Waals surface area contributed by atoms with Gasteiger partial charge in [-0.1, -0.05) is 70.4 Å². The molecular formula is C28H51N3O7. The Morgan fingerprint density at radius 1 is 0.868 bits per heavy atom. The molecule has 38 heavy (non-hydrogen) atoms. The Bertz CT molecular complexity index is 709. The van der Waals surface area contributed by atoms with Gasteiger partial charge in [-0.3, -0.25) is 14.6 Å². The van der Waals surface area contributed by atoms with Crippen LogP contribution in [0, 0.1) is 0 Å². The minimum Gasteiger partial charge on any atom is -0.481 e. The van der Waals surface area contributed by atoms with E-state index in [-0.39, 0.29) is 0 Å². The van der Waals surface area contributed by atoms with Gasteiger partial charge >= 0.3 is 17.9 Å². The first-order valence-corrected chi connectivity index (χ1v) is 14.2. The van der Waals surface area contributed by atoms with Gasteiger partial charge in [0.2, 0.25) is 0 Å². The fraction of sp³-hybridized carbons (Fsp3) is 0.786. The first-order chi connectivity index (χ1) is 18.2. The lowest BCUT2D eigenvalue weighted by atomic mass is 9.96. The molecule has 0 bridgehead atoms. The quantitative estimate of drug-likeness (QED) is 0.0979. The maximum Gasteiger partial charge on any atom is 0.336 e. The van der Waals surface area contributed by atoms with Crippen molar-refractivity contribution in [3.63, 3.8) is 0 Å². The van der Waals surface area contributed by atoms with E-state index < -0.39 is 36.4 Å². The van der Waals surface area contributed by atoms with Crippen LogP contribution in [-0.4, -0.2) is 80.8 Å². The molecular weight excluding hydrogens is 490 g/mol. The SMILES string of the molecule is CCCCCCCC/C=C/CCCCCCCC1=NCCN1CCN.O=C(O)CC(O)(CC(=O)O)C(=O)O. The molecule has 1 aliphatic rings. The highest BCUT2D eigenvalue weighted by Crippen LogP contribution is 2.16. The summed E-state index contributed by atoms with van der Waals surface area (Å²) in [5.41, 5.74) is 2.92. The van der Waals surface area contributed by atoms with E-state index in [1.54, 1.807) is 0 Å². The second-order valence-corrected chi connectivity index (χ2v) is 9.89. The second kappa shape index (κ2) is 22.5. The van der Waals surface area contributed by atoms with E-state index in [1.165, 1.54) is 89.3 Å². The maximum absolute atomic E-state index is 10.3. The van der Waals surface area contributed by atoms with Crippen LogP contribution in [0.5, 0.6) is 0 Å². The van der Waals surface area contributed by atoms with Crippen LogP contribution in [0.15, 0.2) is 17.1 Å². The normalized spacial score (nSPS) is 13.3. The fourth-order valence-electron chi connectivity index (χ4n) is 4.23. The summed E-state index contributed by atoms with van der Waals surface area (Å²) in [5.74, 6) is -3.71. The molecule has 0 fully saturated rings. The van der Waals surface area contributed by atoms with Gasteiger partial charge in [-0.25, -0.2) is 4.79 Å². The third-order valence-electron chi connectivity index (χ3n) is 6.38. The Kier molecular flexibility index (Phi) is 21.1. The molecule has 10 heteroatoms. The summed E-state index contributed by atoms with van der Waals surface area (Å²) in [7, 11) is 0. The Morgan fingerprint density at radius 2 is 1.37 bits per heavy atom. The van der Waals surface area contributed by atoms with Gasteiger partial charge in [0.15, 0.2) is 5.60 Å². The van der Waals surface area contributed by atoms with E-state index in [4.69, 9.17) is 26.2 Å².